The van der Waals surface area contributed by atoms with Gasteiger partial charge in [-0.25, -0.2) is 4.39 Å². The maximum Gasteiger partial charge on any atom is 0.246 e. The molecule has 2 fully saturated rings. The van der Waals surface area contributed by atoms with Crippen molar-refractivity contribution in [2.24, 2.45) is 5.92 Å². The standard InChI is InChI=1S/C19H22BrFN2O3/c20-16-2-3-17(21)15(13-16)1-4-18(24)22-7-5-14(6-8-22)19(25)23-9-11-26-12-10-23/h1-4,13-14H,5-12H2/b4-1+. The number of hydrogen-bond acceptors (Lipinski definition) is 3. The summed E-state index contributed by atoms with van der Waals surface area (Å²) in [6.45, 7) is 3.59. The summed E-state index contributed by atoms with van der Waals surface area (Å²) >= 11 is 3.29. The second kappa shape index (κ2) is 8.77. The molecule has 7 heteroatoms. The summed E-state index contributed by atoms with van der Waals surface area (Å²) in [5, 5.41) is 0. The number of morpholine rings is 1. The molecule has 0 spiro atoms. The normalized spacial score (nSPS) is 19.2. The van der Waals surface area contributed by atoms with Gasteiger partial charge in [-0.2, -0.15) is 0 Å². The second-order valence-electron chi connectivity index (χ2n) is 6.54. The van der Waals surface area contributed by atoms with Crippen LogP contribution in [0.15, 0.2) is 28.7 Å². The summed E-state index contributed by atoms with van der Waals surface area (Å²) in [5.41, 5.74) is 0.366. The molecule has 140 valence electrons. The first-order valence-corrected chi connectivity index (χ1v) is 9.62. The lowest BCUT2D eigenvalue weighted by Gasteiger charge is -2.35. The van der Waals surface area contributed by atoms with E-state index in [-0.39, 0.29) is 23.5 Å². The van der Waals surface area contributed by atoms with E-state index in [9.17, 15) is 14.0 Å². The molecule has 0 aromatic heterocycles. The molecule has 3 rings (SSSR count). The molecule has 26 heavy (non-hydrogen) atoms. The number of hydrogen-bond donors (Lipinski definition) is 0. The lowest BCUT2D eigenvalue weighted by atomic mass is 9.95. The van der Waals surface area contributed by atoms with E-state index in [1.807, 2.05) is 4.90 Å². The molecule has 0 radical (unpaired) electrons. The molecular weight excluding hydrogens is 403 g/mol. The number of carbonyl (C=O) groups is 2. The van der Waals surface area contributed by atoms with Gasteiger partial charge in [-0.3, -0.25) is 9.59 Å². The number of amides is 2. The van der Waals surface area contributed by atoms with Crippen LogP contribution >= 0.6 is 15.9 Å². The highest BCUT2D eigenvalue weighted by atomic mass is 79.9. The Labute approximate surface area is 160 Å². The first-order valence-electron chi connectivity index (χ1n) is 8.83. The summed E-state index contributed by atoms with van der Waals surface area (Å²) < 4.78 is 19.8. The minimum absolute atomic E-state index is 0.0244. The van der Waals surface area contributed by atoms with Crippen molar-refractivity contribution in [1.82, 2.24) is 9.80 Å². The van der Waals surface area contributed by atoms with Crippen molar-refractivity contribution in [3.05, 3.63) is 40.1 Å². The minimum atomic E-state index is -0.368. The smallest absolute Gasteiger partial charge is 0.246 e. The molecule has 2 saturated heterocycles. The van der Waals surface area contributed by atoms with Gasteiger partial charge in [0.25, 0.3) is 0 Å². The van der Waals surface area contributed by atoms with Gasteiger partial charge >= 0.3 is 0 Å². The number of rotatable bonds is 3. The van der Waals surface area contributed by atoms with E-state index < -0.39 is 0 Å². The number of nitrogens with zero attached hydrogens (tertiary/aromatic N) is 2. The largest absolute Gasteiger partial charge is 0.378 e. The molecule has 0 saturated carbocycles. The molecule has 5 nitrogen and oxygen atoms in total. The molecule has 1 aromatic carbocycles. The third-order valence-electron chi connectivity index (χ3n) is 4.84. The van der Waals surface area contributed by atoms with Gasteiger partial charge in [-0.05, 0) is 37.1 Å². The van der Waals surface area contributed by atoms with Crippen LogP contribution in [0.3, 0.4) is 0 Å². The third-order valence-corrected chi connectivity index (χ3v) is 5.34. The molecule has 0 unspecified atom stereocenters. The van der Waals surface area contributed by atoms with Crippen LogP contribution in [0, 0.1) is 11.7 Å². The Kier molecular flexibility index (Phi) is 6.43. The van der Waals surface area contributed by atoms with Crippen LogP contribution in [0.25, 0.3) is 6.08 Å². The molecule has 2 amide bonds. The molecule has 0 N–H and O–H groups in total. The zero-order chi connectivity index (χ0) is 18.5. The van der Waals surface area contributed by atoms with Crippen LogP contribution in [0.4, 0.5) is 4.39 Å². The maximum atomic E-state index is 13.7. The number of ether oxygens (including phenoxy) is 1. The van der Waals surface area contributed by atoms with E-state index in [1.54, 1.807) is 17.0 Å². The van der Waals surface area contributed by atoms with Gasteiger partial charge in [0.05, 0.1) is 13.2 Å². The number of carbonyl (C=O) groups excluding carboxylic acids is 2. The van der Waals surface area contributed by atoms with Crippen LogP contribution in [-0.4, -0.2) is 61.0 Å². The number of likely N-dealkylation sites (tertiary alicyclic amines) is 1. The Morgan fingerprint density at radius 1 is 1.12 bits per heavy atom. The predicted octanol–water partition coefficient (Wildman–Crippen LogP) is 2.70. The average molecular weight is 425 g/mol. The highest BCUT2D eigenvalue weighted by Gasteiger charge is 2.30. The Balaban J connectivity index is 1.52. The Bertz CT molecular complexity index is 696. The van der Waals surface area contributed by atoms with Gasteiger partial charge in [-0.1, -0.05) is 15.9 Å². The zero-order valence-electron chi connectivity index (χ0n) is 14.5. The monoisotopic (exact) mass is 424 g/mol. The summed E-state index contributed by atoms with van der Waals surface area (Å²) in [4.78, 5) is 28.4. The quantitative estimate of drug-likeness (QED) is 0.700. The van der Waals surface area contributed by atoms with Crippen LogP contribution in [0.2, 0.25) is 0 Å². The van der Waals surface area contributed by atoms with E-state index in [1.165, 1.54) is 18.2 Å². The first kappa shape index (κ1) is 19.0. The third kappa shape index (κ3) is 4.71. The van der Waals surface area contributed by atoms with Gasteiger partial charge in [0, 0.05) is 48.2 Å². The molecule has 0 bridgehead atoms. The lowest BCUT2D eigenvalue weighted by molar-refractivity contribution is -0.142. The Morgan fingerprint density at radius 3 is 2.50 bits per heavy atom. The van der Waals surface area contributed by atoms with Crippen molar-refractivity contribution >= 4 is 33.8 Å². The van der Waals surface area contributed by atoms with Crippen LogP contribution < -0.4 is 0 Å². The van der Waals surface area contributed by atoms with Crippen LogP contribution in [0.1, 0.15) is 18.4 Å². The summed E-state index contributed by atoms with van der Waals surface area (Å²) in [7, 11) is 0. The van der Waals surface area contributed by atoms with E-state index in [4.69, 9.17) is 4.74 Å². The molecular formula is C19H22BrFN2O3. The summed E-state index contributed by atoms with van der Waals surface area (Å²) in [5.74, 6) is -0.371. The number of benzene rings is 1. The summed E-state index contributed by atoms with van der Waals surface area (Å²) in [6.07, 6.45) is 4.23. The molecule has 0 aliphatic carbocycles. The fourth-order valence-corrected chi connectivity index (χ4v) is 3.68. The maximum absolute atomic E-state index is 13.7. The highest BCUT2D eigenvalue weighted by molar-refractivity contribution is 9.10. The average Bonchev–Trinajstić information content (AvgIpc) is 2.68. The van der Waals surface area contributed by atoms with Crippen molar-refractivity contribution in [3.8, 4) is 0 Å². The van der Waals surface area contributed by atoms with E-state index in [2.05, 4.69) is 15.9 Å². The highest BCUT2D eigenvalue weighted by Crippen LogP contribution is 2.21. The van der Waals surface area contributed by atoms with Crippen molar-refractivity contribution in [1.29, 1.82) is 0 Å². The van der Waals surface area contributed by atoms with Gasteiger partial charge in [0.15, 0.2) is 0 Å². The first-order chi connectivity index (χ1) is 12.5. The van der Waals surface area contributed by atoms with E-state index in [0.717, 1.165) is 4.47 Å². The van der Waals surface area contributed by atoms with E-state index >= 15 is 0 Å². The van der Waals surface area contributed by atoms with E-state index in [0.29, 0.717) is 57.8 Å². The molecule has 2 aliphatic heterocycles. The molecule has 1 aromatic rings. The SMILES string of the molecule is O=C(/C=C/c1cc(Br)ccc1F)N1CCC(C(=O)N2CCOCC2)CC1. The fourth-order valence-electron chi connectivity index (χ4n) is 3.30. The zero-order valence-corrected chi connectivity index (χ0v) is 16.1. The number of halogens is 2. The van der Waals surface area contributed by atoms with Gasteiger partial charge < -0.3 is 14.5 Å². The predicted molar refractivity (Wildman–Crippen MR) is 99.8 cm³/mol. The van der Waals surface area contributed by atoms with Gasteiger partial charge in [-0.15, -0.1) is 0 Å². The Morgan fingerprint density at radius 2 is 1.81 bits per heavy atom. The Hall–Kier alpha value is -1.73. The summed E-state index contributed by atoms with van der Waals surface area (Å²) in [6, 6.07) is 4.61. The molecule has 0 atom stereocenters. The fraction of sp³-hybridized carbons (Fsp3) is 0.474. The van der Waals surface area contributed by atoms with Gasteiger partial charge in [0.1, 0.15) is 5.82 Å². The lowest BCUT2D eigenvalue weighted by Crippen LogP contribution is -2.47. The topological polar surface area (TPSA) is 49.9 Å². The van der Waals surface area contributed by atoms with Crippen molar-refractivity contribution < 1.29 is 18.7 Å². The minimum Gasteiger partial charge on any atom is -0.378 e. The second-order valence-corrected chi connectivity index (χ2v) is 7.45. The van der Waals surface area contributed by atoms with Crippen molar-refractivity contribution in [3.63, 3.8) is 0 Å². The van der Waals surface area contributed by atoms with Crippen LogP contribution in [0.5, 0.6) is 0 Å². The molecule has 2 aliphatic rings. The van der Waals surface area contributed by atoms with Crippen molar-refractivity contribution in [2.45, 2.75) is 12.8 Å². The molecule has 2 heterocycles. The number of piperidine rings is 1. The van der Waals surface area contributed by atoms with Gasteiger partial charge in [0.2, 0.25) is 11.8 Å². The van der Waals surface area contributed by atoms with Crippen molar-refractivity contribution in [2.75, 3.05) is 39.4 Å². The van der Waals surface area contributed by atoms with Crippen LogP contribution in [-0.2, 0) is 14.3 Å².